The normalized spacial score (nSPS) is 11.0. The molecule has 0 bridgehead atoms. The molecule has 0 aromatic heterocycles. The van der Waals surface area contributed by atoms with Crippen LogP contribution in [0.25, 0.3) is 0 Å². The zero-order valence-electron chi connectivity index (χ0n) is 14.1. The predicted molar refractivity (Wildman–Crippen MR) is 94.8 cm³/mol. The number of nitro benzene ring substituents is 1. The molecular weight excluding hydrogens is 322 g/mol. The van der Waals surface area contributed by atoms with Crippen molar-refractivity contribution in [1.82, 2.24) is 5.43 Å². The third-order valence-electron chi connectivity index (χ3n) is 3.55. The average molecular weight is 341 g/mol. The smallest absolute Gasteiger partial charge is 0.277 e. The van der Waals surface area contributed by atoms with E-state index in [1.807, 2.05) is 24.3 Å². The molecule has 0 aliphatic heterocycles. The van der Waals surface area contributed by atoms with E-state index in [1.165, 1.54) is 17.7 Å². The molecule has 2 rings (SSSR count). The van der Waals surface area contributed by atoms with Crippen molar-refractivity contribution in [2.24, 2.45) is 5.10 Å². The third-order valence-corrected chi connectivity index (χ3v) is 3.55. The van der Waals surface area contributed by atoms with Crippen molar-refractivity contribution in [3.05, 3.63) is 69.8 Å². The average Bonchev–Trinajstić information content (AvgIpc) is 2.64. The zero-order chi connectivity index (χ0) is 18.2. The minimum atomic E-state index is -0.470. The van der Waals surface area contributed by atoms with E-state index in [9.17, 15) is 14.9 Å². The van der Waals surface area contributed by atoms with Gasteiger partial charge in [-0.2, -0.15) is 5.10 Å². The summed E-state index contributed by atoms with van der Waals surface area (Å²) in [5.74, 6) is 0.226. The van der Waals surface area contributed by atoms with E-state index in [1.54, 1.807) is 19.1 Å². The summed E-state index contributed by atoms with van der Waals surface area (Å²) in [5, 5.41) is 14.6. The maximum atomic E-state index is 11.8. The van der Waals surface area contributed by atoms with E-state index in [0.717, 1.165) is 6.42 Å². The summed E-state index contributed by atoms with van der Waals surface area (Å²) in [6.45, 7) is 3.61. The molecule has 130 valence electrons. The van der Waals surface area contributed by atoms with Gasteiger partial charge in [-0.05, 0) is 48.7 Å². The van der Waals surface area contributed by atoms with Gasteiger partial charge in [-0.1, -0.05) is 19.1 Å². The molecule has 0 saturated heterocycles. The van der Waals surface area contributed by atoms with E-state index in [2.05, 4.69) is 17.5 Å². The molecule has 7 nitrogen and oxygen atoms in total. The molecule has 0 radical (unpaired) electrons. The first-order valence-electron chi connectivity index (χ1n) is 7.79. The molecular formula is C18H19N3O4. The SMILES string of the molecule is CCc1ccc(OCC(=O)N/N=C(\C)c2ccc([N+](=O)[O-])cc2)cc1. The summed E-state index contributed by atoms with van der Waals surface area (Å²) < 4.78 is 5.39. The van der Waals surface area contributed by atoms with Crippen LogP contribution in [0.3, 0.4) is 0 Å². The molecule has 0 fully saturated rings. The molecule has 0 aliphatic rings. The number of hydrogen-bond acceptors (Lipinski definition) is 5. The summed E-state index contributed by atoms with van der Waals surface area (Å²) in [6, 6.07) is 13.5. The van der Waals surface area contributed by atoms with Gasteiger partial charge in [-0.15, -0.1) is 0 Å². The second-order valence-corrected chi connectivity index (χ2v) is 5.32. The summed E-state index contributed by atoms with van der Waals surface area (Å²) in [6.07, 6.45) is 0.942. The fourth-order valence-electron chi connectivity index (χ4n) is 2.04. The van der Waals surface area contributed by atoms with Crippen molar-refractivity contribution in [3.8, 4) is 5.75 Å². The van der Waals surface area contributed by atoms with Gasteiger partial charge in [0.2, 0.25) is 0 Å². The predicted octanol–water partition coefficient (Wildman–Crippen LogP) is 3.08. The number of benzene rings is 2. The molecule has 2 aromatic carbocycles. The topological polar surface area (TPSA) is 93.8 Å². The number of amides is 1. The molecule has 0 aliphatic carbocycles. The van der Waals surface area contributed by atoms with Crippen molar-refractivity contribution in [3.63, 3.8) is 0 Å². The maximum absolute atomic E-state index is 11.8. The molecule has 2 aromatic rings. The van der Waals surface area contributed by atoms with E-state index < -0.39 is 4.92 Å². The van der Waals surface area contributed by atoms with E-state index in [0.29, 0.717) is 17.0 Å². The van der Waals surface area contributed by atoms with Crippen LogP contribution in [0.2, 0.25) is 0 Å². The number of ether oxygens (including phenoxy) is 1. The minimum Gasteiger partial charge on any atom is -0.484 e. The quantitative estimate of drug-likeness (QED) is 0.476. The van der Waals surface area contributed by atoms with Gasteiger partial charge in [0.05, 0.1) is 10.6 Å². The van der Waals surface area contributed by atoms with E-state index in [-0.39, 0.29) is 18.2 Å². The Morgan fingerprint density at radius 3 is 2.36 bits per heavy atom. The lowest BCUT2D eigenvalue weighted by Gasteiger charge is -2.06. The van der Waals surface area contributed by atoms with Gasteiger partial charge in [0.15, 0.2) is 6.61 Å². The second-order valence-electron chi connectivity index (χ2n) is 5.32. The fraction of sp³-hybridized carbons (Fsp3) is 0.222. The molecule has 25 heavy (non-hydrogen) atoms. The highest BCUT2D eigenvalue weighted by atomic mass is 16.6. The summed E-state index contributed by atoms with van der Waals surface area (Å²) in [7, 11) is 0. The van der Waals surface area contributed by atoms with Crippen LogP contribution in [-0.4, -0.2) is 23.1 Å². The number of aryl methyl sites for hydroxylation is 1. The number of non-ortho nitro benzene ring substituents is 1. The van der Waals surface area contributed by atoms with Gasteiger partial charge >= 0.3 is 0 Å². The summed E-state index contributed by atoms with van der Waals surface area (Å²) in [4.78, 5) is 21.9. The molecule has 0 spiro atoms. The highest BCUT2D eigenvalue weighted by Crippen LogP contribution is 2.13. The van der Waals surface area contributed by atoms with Crippen LogP contribution in [0.1, 0.15) is 25.0 Å². The summed E-state index contributed by atoms with van der Waals surface area (Å²) >= 11 is 0. The van der Waals surface area contributed by atoms with Crippen LogP contribution in [0.5, 0.6) is 5.75 Å². The van der Waals surface area contributed by atoms with Crippen LogP contribution in [0, 0.1) is 10.1 Å². The lowest BCUT2D eigenvalue weighted by molar-refractivity contribution is -0.384. The van der Waals surface area contributed by atoms with Crippen molar-refractivity contribution >= 4 is 17.3 Å². The van der Waals surface area contributed by atoms with Crippen LogP contribution >= 0.6 is 0 Å². The Balaban J connectivity index is 1.86. The standard InChI is InChI=1S/C18H19N3O4/c1-3-14-4-10-17(11-5-14)25-12-18(22)20-19-13(2)15-6-8-16(9-7-15)21(23)24/h4-11H,3,12H2,1-2H3,(H,20,22)/b19-13+. The van der Waals surface area contributed by atoms with E-state index in [4.69, 9.17) is 4.74 Å². The van der Waals surface area contributed by atoms with Crippen LogP contribution < -0.4 is 10.2 Å². The van der Waals surface area contributed by atoms with Gasteiger partial charge < -0.3 is 4.74 Å². The molecule has 0 unspecified atom stereocenters. The molecule has 1 amide bonds. The number of carbonyl (C=O) groups excluding carboxylic acids is 1. The van der Waals surface area contributed by atoms with Gasteiger partial charge in [0.25, 0.3) is 11.6 Å². The molecule has 0 saturated carbocycles. The first-order chi connectivity index (χ1) is 12.0. The Morgan fingerprint density at radius 2 is 1.80 bits per heavy atom. The van der Waals surface area contributed by atoms with Crippen molar-refractivity contribution in [1.29, 1.82) is 0 Å². The first-order valence-corrected chi connectivity index (χ1v) is 7.79. The Labute approximate surface area is 145 Å². The van der Waals surface area contributed by atoms with Crippen LogP contribution in [-0.2, 0) is 11.2 Å². The zero-order valence-corrected chi connectivity index (χ0v) is 14.1. The number of nitro groups is 1. The molecule has 0 atom stereocenters. The Kier molecular flexibility index (Phi) is 6.22. The van der Waals surface area contributed by atoms with Crippen molar-refractivity contribution in [2.75, 3.05) is 6.61 Å². The lowest BCUT2D eigenvalue weighted by Crippen LogP contribution is -2.25. The Morgan fingerprint density at radius 1 is 1.16 bits per heavy atom. The monoisotopic (exact) mass is 341 g/mol. The highest BCUT2D eigenvalue weighted by molar-refractivity contribution is 5.99. The highest BCUT2D eigenvalue weighted by Gasteiger charge is 2.06. The summed E-state index contributed by atoms with van der Waals surface area (Å²) in [5.41, 5.74) is 4.82. The van der Waals surface area contributed by atoms with Gasteiger partial charge in [-0.25, -0.2) is 5.43 Å². The number of rotatable bonds is 7. The van der Waals surface area contributed by atoms with E-state index >= 15 is 0 Å². The number of hydrogen-bond donors (Lipinski definition) is 1. The number of nitrogens with one attached hydrogen (secondary N) is 1. The maximum Gasteiger partial charge on any atom is 0.277 e. The Bertz CT molecular complexity index is 768. The second kappa shape index (κ2) is 8.58. The Hall–Kier alpha value is -3.22. The molecule has 1 N–H and O–H groups in total. The number of hydrazone groups is 1. The third kappa shape index (κ3) is 5.42. The number of nitrogens with zero attached hydrogens (tertiary/aromatic N) is 2. The first kappa shape index (κ1) is 18.1. The lowest BCUT2D eigenvalue weighted by atomic mass is 10.1. The van der Waals surface area contributed by atoms with Gasteiger partial charge in [0, 0.05) is 12.1 Å². The van der Waals surface area contributed by atoms with Gasteiger partial charge in [-0.3, -0.25) is 14.9 Å². The minimum absolute atomic E-state index is 0.00285. The molecule has 0 heterocycles. The molecule has 7 heteroatoms. The van der Waals surface area contributed by atoms with Crippen LogP contribution in [0.15, 0.2) is 53.6 Å². The largest absolute Gasteiger partial charge is 0.484 e. The van der Waals surface area contributed by atoms with Crippen molar-refractivity contribution in [2.45, 2.75) is 20.3 Å². The fourth-order valence-corrected chi connectivity index (χ4v) is 2.04. The van der Waals surface area contributed by atoms with Crippen LogP contribution in [0.4, 0.5) is 5.69 Å². The van der Waals surface area contributed by atoms with Crippen molar-refractivity contribution < 1.29 is 14.5 Å². The van der Waals surface area contributed by atoms with Gasteiger partial charge in [0.1, 0.15) is 5.75 Å². The number of carbonyl (C=O) groups is 1.